The van der Waals surface area contributed by atoms with Gasteiger partial charge in [0.2, 0.25) is 0 Å². The fourth-order valence-corrected chi connectivity index (χ4v) is 5.58. The molecule has 3 heterocycles. The number of nitrogens with two attached hydrogens (primary N) is 1. The number of pyridine rings is 1. The zero-order chi connectivity index (χ0) is 20.0. The van der Waals surface area contributed by atoms with Crippen LogP contribution in [0.15, 0.2) is 24.3 Å². The third-order valence-corrected chi connectivity index (χ3v) is 7.14. The van der Waals surface area contributed by atoms with Crippen LogP contribution in [0.25, 0.3) is 20.4 Å². The molecule has 0 unspecified atom stereocenters. The molecule has 0 spiro atoms. The Morgan fingerprint density at radius 1 is 1.21 bits per heavy atom. The molecule has 8 heteroatoms. The SMILES string of the molecule is CCOc1ccc2nc(NC(=O)c3sc4nc5c(cc4c3N)CCCC5)sc2c1. The Labute approximate surface area is 175 Å². The summed E-state index contributed by atoms with van der Waals surface area (Å²) >= 11 is 2.77. The molecule has 0 fully saturated rings. The number of nitrogen functional groups attached to an aromatic ring is 1. The third kappa shape index (κ3) is 3.32. The molecule has 29 heavy (non-hydrogen) atoms. The number of nitrogens with zero attached hydrogens (tertiary/aromatic N) is 2. The zero-order valence-corrected chi connectivity index (χ0v) is 17.6. The number of anilines is 2. The average molecular weight is 425 g/mol. The van der Waals surface area contributed by atoms with E-state index in [9.17, 15) is 4.79 Å². The van der Waals surface area contributed by atoms with E-state index in [2.05, 4.69) is 16.4 Å². The Balaban J connectivity index is 1.45. The van der Waals surface area contributed by atoms with E-state index in [1.807, 2.05) is 25.1 Å². The van der Waals surface area contributed by atoms with Crippen molar-refractivity contribution in [2.75, 3.05) is 17.7 Å². The number of ether oxygens (including phenoxy) is 1. The van der Waals surface area contributed by atoms with E-state index in [0.29, 0.717) is 22.3 Å². The van der Waals surface area contributed by atoms with Crippen LogP contribution < -0.4 is 15.8 Å². The molecule has 0 atom stereocenters. The highest BCUT2D eigenvalue weighted by Gasteiger charge is 2.21. The summed E-state index contributed by atoms with van der Waals surface area (Å²) in [7, 11) is 0. The summed E-state index contributed by atoms with van der Waals surface area (Å²) in [5, 5.41) is 4.33. The first-order valence-corrected chi connectivity index (χ1v) is 11.3. The van der Waals surface area contributed by atoms with Gasteiger partial charge in [-0.05, 0) is 62.4 Å². The van der Waals surface area contributed by atoms with Gasteiger partial charge >= 0.3 is 0 Å². The van der Waals surface area contributed by atoms with Crippen LogP contribution >= 0.6 is 22.7 Å². The topological polar surface area (TPSA) is 90.1 Å². The molecule has 4 aromatic rings. The van der Waals surface area contributed by atoms with Gasteiger partial charge in [-0.15, -0.1) is 11.3 Å². The summed E-state index contributed by atoms with van der Waals surface area (Å²) < 4.78 is 6.50. The molecular formula is C21H20N4O2S2. The highest BCUT2D eigenvalue weighted by Crippen LogP contribution is 2.36. The summed E-state index contributed by atoms with van der Waals surface area (Å²) in [6.07, 6.45) is 4.38. The number of thiophene rings is 1. The van der Waals surface area contributed by atoms with E-state index in [1.54, 1.807) is 0 Å². The lowest BCUT2D eigenvalue weighted by Crippen LogP contribution is -2.11. The van der Waals surface area contributed by atoms with Gasteiger partial charge in [0, 0.05) is 11.1 Å². The average Bonchev–Trinajstić information content (AvgIpc) is 3.26. The lowest BCUT2D eigenvalue weighted by molar-refractivity contribution is 0.103. The monoisotopic (exact) mass is 424 g/mol. The molecule has 0 radical (unpaired) electrons. The van der Waals surface area contributed by atoms with E-state index in [4.69, 9.17) is 15.5 Å². The number of carbonyl (C=O) groups excluding carboxylic acids is 1. The summed E-state index contributed by atoms with van der Waals surface area (Å²) in [5.41, 5.74) is 10.1. The second kappa shape index (κ2) is 7.27. The molecule has 1 aliphatic carbocycles. The molecule has 0 bridgehead atoms. The molecule has 5 rings (SSSR count). The molecule has 1 amide bonds. The number of thiazole rings is 1. The number of aryl methyl sites for hydroxylation is 2. The van der Waals surface area contributed by atoms with Crippen LogP contribution in [0.5, 0.6) is 5.75 Å². The number of aromatic nitrogens is 2. The fourth-order valence-electron chi connectivity index (χ4n) is 3.70. The van der Waals surface area contributed by atoms with E-state index in [-0.39, 0.29) is 5.91 Å². The Kier molecular flexibility index (Phi) is 4.60. The first-order valence-electron chi connectivity index (χ1n) is 9.68. The van der Waals surface area contributed by atoms with E-state index in [1.165, 1.54) is 41.1 Å². The minimum absolute atomic E-state index is 0.243. The molecule has 3 N–H and O–H groups in total. The number of carbonyl (C=O) groups is 1. The van der Waals surface area contributed by atoms with Crippen molar-refractivity contribution in [2.24, 2.45) is 0 Å². The number of hydrogen-bond donors (Lipinski definition) is 2. The predicted octanol–water partition coefficient (Wildman–Crippen LogP) is 5.02. The maximum absolute atomic E-state index is 12.9. The standard InChI is InChI=1S/C21H20N4O2S2/c1-2-27-12-7-8-15-16(10-12)28-21(24-15)25-19(26)18-17(22)13-9-11-5-3-4-6-14(11)23-20(13)29-18/h7-10H,2-6,22H2,1H3,(H,24,25,26). The van der Waals surface area contributed by atoms with Crippen molar-refractivity contribution in [2.45, 2.75) is 32.6 Å². The Morgan fingerprint density at radius 2 is 2.07 bits per heavy atom. The number of rotatable bonds is 4. The lowest BCUT2D eigenvalue weighted by atomic mass is 9.95. The lowest BCUT2D eigenvalue weighted by Gasteiger charge is -2.14. The number of benzene rings is 1. The molecule has 148 valence electrons. The number of hydrogen-bond acceptors (Lipinski definition) is 7. The quantitative estimate of drug-likeness (QED) is 0.480. The summed E-state index contributed by atoms with van der Waals surface area (Å²) in [4.78, 5) is 23.5. The maximum atomic E-state index is 12.9. The molecule has 1 aromatic carbocycles. The van der Waals surface area contributed by atoms with Crippen molar-refractivity contribution < 1.29 is 9.53 Å². The van der Waals surface area contributed by atoms with E-state index >= 15 is 0 Å². The second-order valence-electron chi connectivity index (χ2n) is 7.03. The first kappa shape index (κ1) is 18.3. The maximum Gasteiger partial charge on any atom is 0.269 e. The normalized spacial score (nSPS) is 13.6. The van der Waals surface area contributed by atoms with Gasteiger partial charge in [0.25, 0.3) is 5.91 Å². The van der Waals surface area contributed by atoms with E-state index < -0.39 is 0 Å². The number of nitrogens with one attached hydrogen (secondary N) is 1. The number of fused-ring (bicyclic) bond motifs is 3. The van der Waals surface area contributed by atoms with Crippen molar-refractivity contribution in [1.29, 1.82) is 0 Å². The van der Waals surface area contributed by atoms with Crippen LogP contribution in [0.2, 0.25) is 0 Å². The van der Waals surface area contributed by atoms with E-state index in [0.717, 1.165) is 44.7 Å². The van der Waals surface area contributed by atoms with Crippen LogP contribution in [0, 0.1) is 0 Å². The summed E-state index contributed by atoms with van der Waals surface area (Å²) in [5.74, 6) is 0.554. The van der Waals surface area contributed by atoms with Crippen LogP contribution in [0.3, 0.4) is 0 Å². The van der Waals surface area contributed by atoms with Gasteiger partial charge < -0.3 is 10.5 Å². The fraction of sp³-hybridized carbons (Fsp3) is 0.286. The minimum Gasteiger partial charge on any atom is -0.494 e. The zero-order valence-electron chi connectivity index (χ0n) is 15.9. The van der Waals surface area contributed by atoms with Crippen molar-refractivity contribution >= 4 is 59.8 Å². The number of amides is 1. The van der Waals surface area contributed by atoms with Crippen molar-refractivity contribution in [3.63, 3.8) is 0 Å². The minimum atomic E-state index is -0.243. The first-order chi connectivity index (χ1) is 14.1. The molecule has 0 saturated heterocycles. The van der Waals surface area contributed by atoms with Gasteiger partial charge in [-0.2, -0.15) is 0 Å². The van der Waals surface area contributed by atoms with Gasteiger partial charge in [-0.1, -0.05) is 11.3 Å². The van der Waals surface area contributed by atoms with Crippen LogP contribution in [-0.4, -0.2) is 22.5 Å². The highest BCUT2D eigenvalue weighted by molar-refractivity contribution is 7.23. The molecule has 6 nitrogen and oxygen atoms in total. The predicted molar refractivity (Wildman–Crippen MR) is 119 cm³/mol. The molecule has 0 aliphatic heterocycles. The second-order valence-corrected chi connectivity index (χ2v) is 9.06. The largest absolute Gasteiger partial charge is 0.494 e. The van der Waals surface area contributed by atoms with Gasteiger partial charge in [-0.3, -0.25) is 10.1 Å². The Bertz CT molecular complexity index is 1240. The molecule has 0 saturated carbocycles. The van der Waals surface area contributed by atoms with Crippen molar-refractivity contribution in [3.8, 4) is 5.75 Å². The van der Waals surface area contributed by atoms with Gasteiger partial charge in [0.15, 0.2) is 5.13 Å². The van der Waals surface area contributed by atoms with Crippen molar-refractivity contribution in [3.05, 3.63) is 40.4 Å². The summed E-state index contributed by atoms with van der Waals surface area (Å²) in [6.45, 7) is 2.56. The van der Waals surface area contributed by atoms with Gasteiger partial charge in [0.1, 0.15) is 15.5 Å². The highest BCUT2D eigenvalue weighted by atomic mass is 32.1. The molecule has 3 aromatic heterocycles. The molecule has 1 aliphatic rings. The van der Waals surface area contributed by atoms with Gasteiger partial charge in [-0.25, -0.2) is 9.97 Å². The Hall–Kier alpha value is -2.71. The Morgan fingerprint density at radius 3 is 2.93 bits per heavy atom. The van der Waals surface area contributed by atoms with Crippen LogP contribution in [0.4, 0.5) is 10.8 Å². The van der Waals surface area contributed by atoms with Crippen LogP contribution in [0.1, 0.15) is 40.7 Å². The van der Waals surface area contributed by atoms with Gasteiger partial charge in [0.05, 0.1) is 22.5 Å². The van der Waals surface area contributed by atoms with Crippen molar-refractivity contribution in [1.82, 2.24) is 9.97 Å². The molecular weight excluding hydrogens is 404 g/mol. The van der Waals surface area contributed by atoms with Crippen LogP contribution in [-0.2, 0) is 12.8 Å². The summed E-state index contributed by atoms with van der Waals surface area (Å²) in [6, 6.07) is 7.84. The smallest absolute Gasteiger partial charge is 0.269 e. The third-order valence-electron chi connectivity index (χ3n) is 5.10.